The van der Waals surface area contributed by atoms with Gasteiger partial charge in [0, 0.05) is 12.3 Å². The van der Waals surface area contributed by atoms with Gasteiger partial charge >= 0.3 is 6.09 Å². The van der Waals surface area contributed by atoms with Crippen LogP contribution in [0.15, 0.2) is 84.9 Å². The van der Waals surface area contributed by atoms with Crippen molar-refractivity contribution in [2.24, 2.45) is 5.41 Å². The van der Waals surface area contributed by atoms with Gasteiger partial charge in [0.15, 0.2) is 0 Å². The number of hydrogen-bond acceptors (Lipinski definition) is 5. The predicted molar refractivity (Wildman–Crippen MR) is 156 cm³/mol. The van der Waals surface area contributed by atoms with E-state index in [2.05, 4.69) is 60.0 Å². The molecule has 7 heteroatoms. The lowest BCUT2D eigenvalue weighted by atomic mass is 9.91. The molecule has 200 valence electrons. The van der Waals surface area contributed by atoms with Gasteiger partial charge in [-0.1, -0.05) is 99.6 Å². The number of benzene rings is 3. The van der Waals surface area contributed by atoms with E-state index in [1.54, 1.807) is 0 Å². The zero-order chi connectivity index (χ0) is 27.4. The van der Waals surface area contributed by atoms with E-state index in [4.69, 9.17) is 4.74 Å². The van der Waals surface area contributed by atoms with Gasteiger partial charge < -0.3 is 15.4 Å². The molecule has 1 aromatic heterocycles. The molecular formula is C32H33N3O3S. The fraction of sp³-hybridized carbons (Fsp3) is 0.281. The number of fused-ring (bicyclic) bond motifs is 3. The number of nitrogens with zero attached hydrogens (tertiary/aromatic N) is 1. The molecule has 1 atom stereocenters. The maximum atomic E-state index is 13.3. The van der Waals surface area contributed by atoms with E-state index in [0.717, 1.165) is 28.8 Å². The summed E-state index contributed by atoms with van der Waals surface area (Å²) >= 11 is 1.25. The van der Waals surface area contributed by atoms with Gasteiger partial charge in [-0.2, -0.15) is 4.37 Å². The van der Waals surface area contributed by atoms with Crippen molar-refractivity contribution in [1.29, 1.82) is 0 Å². The van der Waals surface area contributed by atoms with Gasteiger partial charge in [0.05, 0.1) is 5.69 Å². The first kappa shape index (κ1) is 26.6. The van der Waals surface area contributed by atoms with Crippen LogP contribution in [-0.4, -0.2) is 29.0 Å². The summed E-state index contributed by atoms with van der Waals surface area (Å²) in [5.41, 5.74) is 6.58. The van der Waals surface area contributed by atoms with Crippen LogP contribution in [-0.2, 0) is 22.4 Å². The van der Waals surface area contributed by atoms with Crippen molar-refractivity contribution in [1.82, 2.24) is 9.69 Å². The fourth-order valence-electron chi connectivity index (χ4n) is 5.05. The smallest absolute Gasteiger partial charge is 0.407 e. The van der Waals surface area contributed by atoms with Gasteiger partial charge in [0.1, 0.15) is 17.6 Å². The Labute approximate surface area is 233 Å². The molecule has 1 aliphatic carbocycles. The Morgan fingerprint density at radius 3 is 2.18 bits per heavy atom. The lowest BCUT2D eigenvalue weighted by molar-refractivity contribution is -0.118. The van der Waals surface area contributed by atoms with Crippen LogP contribution < -0.4 is 10.6 Å². The van der Waals surface area contributed by atoms with E-state index in [1.807, 2.05) is 60.7 Å². The molecule has 0 saturated carbocycles. The van der Waals surface area contributed by atoms with Crippen molar-refractivity contribution >= 4 is 28.5 Å². The van der Waals surface area contributed by atoms with Gasteiger partial charge in [0.2, 0.25) is 5.91 Å². The molecule has 5 rings (SSSR count). The molecule has 0 radical (unpaired) electrons. The molecule has 39 heavy (non-hydrogen) atoms. The van der Waals surface area contributed by atoms with Crippen molar-refractivity contribution in [2.75, 3.05) is 11.9 Å². The van der Waals surface area contributed by atoms with Crippen LogP contribution in [0.1, 0.15) is 49.1 Å². The molecule has 1 heterocycles. The monoisotopic (exact) mass is 539 g/mol. The molecule has 6 nitrogen and oxygen atoms in total. The van der Waals surface area contributed by atoms with Gasteiger partial charge in [-0.25, -0.2) is 4.79 Å². The third-order valence-corrected chi connectivity index (χ3v) is 7.49. The minimum atomic E-state index is -0.809. The summed E-state index contributed by atoms with van der Waals surface area (Å²) in [5.74, 6) is -0.360. The highest BCUT2D eigenvalue weighted by molar-refractivity contribution is 7.10. The summed E-state index contributed by atoms with van der Waals surface area (Å²) in [6, 6.07) is 27.1. The molecule has 0 bridgehead atoms. The first-order valence-corrected chi connectivity index (χ1v) is 14.0. The van der Waals surface area contributed by atoms with Crippen molar-refractivity contribution in [2.45, 2.75) is 45.6 Å². The van der Waals surface area contributed by atoms with Crippen LogP contribution in [0.4, 0.5) is 9.80 Å². The average Bonchev–Trinajstić information content (AvgIpc) is 3.48. The Balaban J connectivity index is 1.27. The minimum absolute atomic E-state index is 0.0528. The van der Waals surface area contributed by atoms with Crippen LogP contribution in [0.5, 0.6) is 0 Å². The fourth-order valence-corrected chi connectivity index (χ4v) is 5.72. The molecule has 0 saturated heterocycles. The molecule has 0 unspecified atom stereocenters. The molecule has 0 spiro atoms. The second-order valence-electron chi connectivity index (χ2n) is 11.1. The van der Waals surface area contributed by atoms with Crippen LogP contribution >= 0.6 is 11.5 Å². The molecule has 2 amide bonds. The highest BCUT2D eigenvalue weighted by atomic mass is 32.1. The third kappa shape index (κ3) is 6.55. The Kier molecular flexibility index (Phi) is 7.79. The van der Waals surface area contributed by atoms with Crippen molar-refractivity contribution in [3.63, 3.8) is 0 Å². The highest BCUT2D eigenvalue weighted by Crippen LogP contribution is 2.44. The molecule has 1 aliphatic rings. The number of ether oxygens (including phenoxy) is 1. The van der Waals surface area contributed by atoms with Crippen LogP contribution in [0.3, 0.4) is 0 Å². The van der Waals surface area contributed by atoms with Gasteiger partial charge in [0.25, 0.3) is 0 Å². The highest BCUT2D eigenvalue weighted by Gasteiger charge is 2.30. The maximum Gasteiger partial charge on any atom is 0.407 e. The van der Waals surface area contributed by atoms with Crippen molar-refractivity contribution in [3.8, 4) is 11.1 Å². The minimum Gasteiger partial charge on any atom is -0.449 e. The lowest BCUT2D eigenvalue weighted by Gasteiger charge is -2.19. The largest absolute Gasteiger partial charge is 0.449 e. The number of carbonyl (C=O) groups excluding carboxylic acids is 2. The first-order chi connectivity index (χ1) is 18.8. The zero-order valence-electron chi connectivity index (χ0n) is 22.4. The summed E-state index contributed by atoms with van der Waals surface area (Å²) < 4.78 is 10.2. The molecule has 2 N–H and O–H groups in total. The number of amides is 2. The summed E-state index contributed by atoms with van der Waals surface area (Å²) in [6.07, 6.45) is 0.528. The van der Waals surface area contributed by atoms with Crippen molar-refractivity contribution < 1.29 is 14.3 Å². The number of nitrogens with one attached hydrogen (secondary N) is 2. The van der Waals surface area contributed by atoms with E-state index in [0.29, 0.717) is 11.4 Å². The summed E-state index contributed by atoms with van der Waals surface area (Å²) in [7, 11) is 0. The Hall–Kier alpha value is -3.97. The molecule has 3 aromatic carbocycles. The quantitative estimate of drug-likeness (QED) is 0.257. The second-order valence-corrected chi connectivity index (χ2v) is 11.9. The van der Waals surface area contributed by atoms with E-state index in [9.17, 15) is 9.59 Å². The normalized spacial score (nSPS) is 13.3. The van der Waals surface area contributed by atoms with E-state index in [1.165, 1.54) is 22.7 Å². The van der Waals surface area contributed by atoms with Crippen LogP contribution in [0, 0.1) is 5.41 Å². The number of anilines is 1. The average molecular weight is 540 g/mol. The van der Waals surface area contributed by atoms with E-state index in [-0.39, 0.29) is 23.8 Å². The van der Waals surface area contributed by atoms with E-state index >= 15 is 0 Å². The number of rotatable bonds is 8. The SMILES string of the molecule is CC(C)(C)Cc1cc(NC(=O)[C@@H](Cc2ccccc2)NC(=O)OCC2c3ccccc3-c3ccccc32)sn1. The molecule has 4 aromatic rings. The van der Waals surface area contributed by atoms with E-state index < -0.39 is 12.1 Å². The lowest BCUT2D eigenvalue weighted by Crippen LogP contribution is -2.45. The predicted octanol–water partition coefficient (Wildman–Crippen LogP) is 6.82. The first-order valence-electron chi connectivity index (χ1n) is 13.2. The summed E-state index contributed by atoms with van der Waals surface area (Å²) in [4.78, 5) is 26.4. The second kappa shape index (κ2) is 11.4. The Bertz CT molecular complexity index is 1410. The summed E-state index contributed by atoms with van der Waals surface area (Å²) in [6.45, 7) is 6.64. The van der Waals surface area contributed by atoms with Gasteiger partial charge in [-0.15, -0.1) is 0 Å². The topological polar surface area (TPSA) is 80.3 Å². The number of hydrogen-bond donors (Lipinski definition) is 2. The molecule has 0 aliphatic heterocycles. The Morgan fingerprint density at radius 2 is 1.54 bits per heavy atom. The summed E-state index contributed by atoms with van der Waals surface area (Å²) in [5, 5.41) is 6.42. The molecular weight excluding hydrogens is 506 g/mol. The molecule has 0 fully saturated rings. The zero-order valence-corrected chi connectivity index (χ0v) is 23.3. The standard InChI is InChI=1S/C32H33N3O3S/c1-32(2,3)19-22-18-29(39-35-22)34-30(36)28(17-21-11-5-4-6-12-21)33-31(37)38-20-27-25-15-9-7-13-23(25)24-14-8-10-16-26(24)27/h4-16,18,27-28H,17,19-20H2,1-3H3,(H,33,37)(H,34,36)/t28-/m1/s1. The maximum absolute atomic E-state index is 13.3. The Morgan fingerprint density at radius 1 is 0.923 bits per heavy atom. The third-order valence-electron chi connectivity index (χ3n) is 6.75. The number of carbonyl (C=O) groups is 2. The van der Waals surface area contributed by atoms with Crippen LogP contribution in [0.2, 0.25) is 0 Å². The number of alkyl carbamates (subject to hydrolysis) is 1. The van der Waals surface area contributed by atoms with Crippen LogP contribution in [0.25, 0.3) is 11.1 Å². The van der Waals surface area contributed by atoms with Gasteiger partial charge in [-0.05, 0) is 57.3 Å². The number of aromatic nitrogens is 1. The van der Waals surface area contributed by atoms with Gasteiger partial charge in [-0.3, -0.25) is 4.79 Å². The van der Waals surface area contributed by atoms with Crippen molar-refractivity contribution in [3.05, 3.63) is 107 Å².